The van der Waals surface area contributed by atoms with Gasteiger partial charge in [-0.05, 0) is 25.7 Å². The van der Waals surface area contributed by atoms with Crippen LogP contribution in [0.25, 0.3) is 0 Å². The third kappa shape index (κ3) is 5.49. The Morgan fingerprint density at radius 1 is 1.46 bits per heavy atom. The Kier molecular flexibility index (Phi) is 6.23. The smallest absolute Gasteiger partial charge is 0.315 e. The van der Waals surface area contributed by atoms with Gasteiger partial charge in [-0.3, -0.25) is 4.68 Å². The van der Waals surface area contributed by atoms with Crippen molar-refractivity contribution in [1.29, 1.82) is 0 Å². The van der Waals surface area contributed by atoms with E-state index in [4.69, 9.17) is 0 Å². The number of likely N-dealkylation sites (tertiary alicyclic amines) is 1. The Hall–Kier alpha value is -1.60. The lowest BCUT2D eigenvalue weighted by molar-refractivity contribution is 0.0590. The van der Waals surface area contributed by atoms with Gasteiger partial charge in [0.25, 0.3) is 0 Å². The van der Waals surface area contributed by atoms with Crippen LogP contribution in [0.4, 0.5) is 4.79 Å². The molecule has 7 heteroatoms. The fourth-order valence-electron chi connectivity index (χ4n) is 3.07. The highest BCUT2D eigenvalue weighted by Crippen LogP contribution is 2.18. The van der Waals surface area contributed by atoms with Crippen LogP contribution in [0.5, 0.6) is 0 Å². The Labute approximate surface area is 144 Å². The first kappa shape index (κ1) is 18.7. The Morgan fingerprint density at radius 3 is 2.67 bits per heavy atom. The highest BCUT2D eigenvalue weighted by Gasteiger charge is 2.26. The van der Waals surface area contributed by atoms with E-state index in [9.17, 15) is 9.90 Å². The van der Waals surface area contributed by atoms with Crippen LogP contribution >= 0.6 is 0 Å². The molecule has 0 spiro atoms. The second-order valence-electron chi connectivity index (χ2n) is 7.47. The number of hydrogen-bond donors (Lipinski definition) is 3. The zero-order chi connectivity index (χ0) is 17.7. The van der Waals surface area contributed by atoms with E-state index in [1.165, 1.54) is 0 Å². The number of carbonyl (C=O) groups is 1. The average Bonchev–Trinajstić information content (AvgIpc) is 2.94. The fraction of sp³-hybridized carbons (Fsp3) is 0.765. The fourth-order valence-corrected chi connectivity index (χ4v) is 3.07. The molecule has 136 valence electrons. The predicted molar refractivity (Wildman–Crippen MR) is 93.6 cm³/mol. The van der Waals surface area contributed by atoms with Crippen LogP contribution in [-0.4, -0.2) is 58.0 Å². The summed E-state index contributed by atoms with van der Waals surface area (Å²) in [5, 5.41) is 20.3. The van der Waals surface area contributed by atoms with Gasteiger partial charge >= 0.3 is 6.03 Å². The van der Waals surface area contributed by atoms with E-state index in [2.05, 4.69) is 34.5 Å². The molecule has 2 rings (SSSR count). The lowest BCUT2D eigenvalue weighted by Gasteiger charge is -2.33. The van der Waals surface area contributed by atoms with Gasteiger partial charge in [0.1, 0.15) is 5.60 Å². The summed E-state index contributed by atoms with van der Waals surface area (Å²) in [6, 6.07) is -0.0155. The third-order valence-corrected chi connectivity index (χ3v) is 4.47. The molecule has 0 radical (unpaired) electrons. The van der Waals surface area contributed by atoms with E-state index in [1.807, 2.05) is 0 Å². The monoisotopic (exact) mass is 337 g/mol. The van der Waals surface area contributed by atoms with Gasteiger partial charge in [0.15, 0.2) is 0 Å². The first-order chi connectivity index (χ1) is 11.3. The molecule has 1 aromatic rings. The number of nitrogens with zero attached hydrogens (tertiary/aromatic N) is 3. The quantitative estimate of drug-likeness (QED) is 0.724. The number of hydrogen-bond acceptors (Lipinski definition) is 4. The maximum absolute atomic E-state index is 12.1. The molecule has 1 saturated heterocycles. The number of carbonyl (C=O) groups excluding carboxylic acids is 1. The Bertz CT molecular complexity index is 533. The molecular weight excluding hydrogens is 306 g/mol. The summed E-state index contributed by atoms with van der Waals surface area (Å²) in [4.78, 5) is 14.5. The zero-order valence-corrected chi connectivity index (χ0v) is 15.2. The van der Waals surface area contributed by atoms with Crippen molar-refractivity contribution in [3.8, 4) is 0 Å². The minimum atomic E-state index is -1.13. The summed E-state index contributed by atoms with van der Waals surface area (Å²) in [5.41, 5.74) is -0.445. The first-order valence-electron chi connectivity index (χ1n) is 8.74. The third-order valence-electron chi connectivity index (χ3n) is 4.47. The average molecular weight is 337 g/mol. The van der Waals surface area contributed by atoms with Gasteiger partial charge in [-0.1, -0.05) is 13.8 Å². The van der Waals surface area contributed by atoms with Crippen LogP contribution in [0.15, 0.2) is 12.4 Å². The minimum absolute atomic E-state index is 0.150. The number of urea groups is 1. The molecule has 0 bridgehead atoms. The normalized spacial score (nSPS) is 19.2. The van der Waals surface area contributed by atoms with Gasteiger partial charge in [0, 0.05) is 44.5 Å². The van der Waals surface area contributed by atoms with Gasteiger partial charge in [0.05, 0.1) is 12.7 Å². The van der Waals surface area contributed by atoms with Crippen molar-refractivity contribution in [1.82, 2.24) is 25.3 Å². The van der Waals surface area contributed by atoms with Crippen LogP contribution in [0.3, 0.4) is 0 Å². The number of aromatic nitrogens is 2. The lowest BCUT2D eigenvalue weighted by atomic mass is 10.00. The van der Waals surface area contributed by atoms with E-state index >= 15 is 0 Å². The summed E-state index contributed by atoms with van der Waals surface area (Å²) in [6.45, 7) is 9.45. The van der Waals surface area contributed by atoms with Crippen molar-refractivity contribution in [2.75, 3.05) is 26.2 Å². The molecule has 1 atom stereocenters. The minimum Gasteiger partial charge on any atom is -0.383 e. The maximum atomic E-state index is 12.1. The molecule has 0 saturated carbocycles. The standard InChI is InChI=1S/C17H31N5O2/c1-13(2)10-22-7-5-15(6-8-22)20-16(23)18-12-17(3,24)14-9-19-21(4)11-14/h9,11,13,15,24H,5-8,10,12H2,1-4H3,(H2,18,20,23). The van der Waals surface area contributed by atoms with Crippen LogP contribution in [0.1, 0.15) is 39.2 Å². The van der Waals surface area contributed by atoms with E-state index < -0.39 is 5.60 Å². The van der Waals surface area contributed by atoms with Gasteiger partial charge in [-0.25, -0.2) is 4.79 Å². The number of rotatable bonds is 6. The molecule has 1 aliphatic rings. The SMILES string of the molecule is CC(C)CN1CCC(NC(=O)NCC(C)(O)c2cnn(C)c2)CC1. The number of nitrogens with one attached hydrogen (secondary N) is 2. The van der Waals surface area contributed by atoms with E-state index in [1.54, 1.807) is 31.0 Å². The Morgan fingerprint density at radius 2 is 2.12 bits per heavy atom. The number of amides is 2. The van der Waals surface area contributed by atoms with E-state index in [0.29, 0.717) is 11.5 Å². The summed E-state index contributed by atoms with van der Waals surface area (Å²) < 4.78 is 1.63. The van der Waals surface area contributed by atoms with E-state index in [-0.39, 0.29) is 18.6 Å². The van der Waals surface area contributed by atoms with Crippen molar-refractivity contribution in [3.63, 3.8) is 0 Å². The number of aryl methyl sites for hydroxylation is 1. The molecule has 1 aromatic heterocycles. The molecule has 0 aliphatic carbocycles. The summed E-state index contributed by atoms with van der Waals surface area (Å²) >= 11 is 0. The summed E-state index contributed by atoms with van der Waals surface area (Å²) in [7, 11) is 1.80. The van der Waals surface area contributed by atoms with Crippen LogP contribution in [0, 0.1) is 5.92 Å². The first-order valence-corrected chi connectivity index (χ1v) is 8.74. The second kappa shape index (κ2) is 7.98. The van der Waals surface area contributed by atoms with Crippen molar-refractivity contribution in [3.05, 3.63) is 18.0 Å². The highest BCUT2D eigenvalue weighted by molar-refractivity contribution is 5.74. The summed E-state index contributed by atoms with van der Waals surface area (Å²) in [5.74, 6) is 0.674. The largest absolute Gasteiger partial charge is 0.383 e. The van der Waals surface area contributed by atoms with Crippen molar-refractivity contribution in [2.45, 2.75) is 45.3 Å². The molecule has 2 heterocycles. The van der Waals surface area contributed by atoms with Crippen molar-refractivity contribution >= 4 is 6.03 Å². The van der Waals surface area contributed by atoms with Crippen LogP contribution < -0.4 is 10.6 Å². The van der Waals surface area contributed by atoms with Crippen molar-refractivity contribution in [2.24, 2.45) is 13.0 Å². The molecule has 3 N–H and O–H groups in total. The molecular formula is C17H31N5O2. The van der Waals surface area contributed by atoms with Gasteiger partial charge < -0.3 is 20.6 Å². The van der Waals surface area contributed by atoms with E-state index in [0.717, 1.165) is 32.5 Å². The highest BCUT2D eigenvalue weighted by atomic mass is 16.3. The maximum Gasteiger partial charge on any atom is 0.315 e. The summed E-state index contributed by atoms with van der Waals surface area (Å²) in [6.07, 6.45) is 5.31. The van der Waals surface area contributed by atoms with Gasteiger partial charge in [-0.2, -0.15) is 5.10 Å². The van der Waals surface area contributed by atoms with Crippen molar-refractivity contribution < 1.29 is 9.90 Å². The van der Waals surface area contributed by atoms with Crippen LogP contribution in [-0.2, 0) is 12.6 Å². The molecule has 1 unspecified atom stereocenters. The molecule has 24 heavy (non-hydrogen) atoms. The number of piperidine rings is 1. The van der Waals surface area contributed by atoms with Gasteiger partial charge in [0.2, 0.25) is 0 Å². The lowest BCUT2D eigenvalue weighted by Crippen LogP contribution is -2.50. The van der Waals surface area contributed by atoms with Crippen LogP contribution in [0.2, 0.25) is 0 Å². The topological polar surface area (TPSA) is 82.4 Å². The second-order valence-corrected chi connectivity index (χ2v) is 7.47. The predicted octanol–water partition coefficient (Wildman–Crippen LogP) is 1.05. The molecule has 1 aliphatic heterocycles. The molecule has 2 amide bonds. The zero-order valence-electron chi connectivity index (χ0n) is 15.2. The molecule has 1 fully saturated rings. The van der Waals surface area contributed by atoms with Gasteiger partial charge in [-0.15, -0.1) is 0 Å². The molecule has 7 nitrogen and oxygen atoms in total. The molecule has 0 aromatic carbocycles. The number of aliphatic hydroxyl groups is 1. The Balaban J connectivity index is 1.72.